The van der Waals surface area contributed by atoms with Gasteiger partial charge in [0, 0.05) is 0 Å². The number of amides is 1. The standard InChI is InChI=1S/C16H13ClFNO4/c1-22-14-5-3-2-4-13(14)19-15(20)9-23-16(21)10-6-7-12(18)11(17)8-10/h2-8H,9H2,1H3,(H,19,20). The van der Waals surface area contributed by atoms with E-state index in [1.54, 1.807) is 24.3 Å². The van der Waals surface area contributed by atoms with Gasteiger partial charge in [0.05, 0.1) is 23.4 Å². The largest absolute Gasteiger partial charge is 0.495 e. The van der Waals surface area contributed by atoms with E-state index in [0.29, 0.717) is 11.4 Å². The van der Waals surface area contributed by atoms with Crippen molar-refractivity contribution in [1.82, 2.24) is 0 Å². The molecule has 0 fully saturated rings. The normalized spacial score (nSPS) is 10.0. The van der Waals surface area contributed by atoms with Crippen LogP contribution in [0.2, 0.25) is 5.02 Å². The molecule has 0 unspecified atom stereocenters. The van der Waals surface area contributed by atoms with Crippen LogP contribution in [-0.4, -0.2) is 25.6 Å². The summed E-state index contributed by atoms with van der Waals surface area (Å²) in [7, 11) is 1.48. The first-order valence-corrected chi connectivity index (χ1v) is 6.94. The number of nitrogens with one attached hydrogen (secondary N) is 1. The summed E-state index contributed by atoms with van der Waals surface area (Å²) in [5.41, 5.74) is 0.516. The molecule has 1 amide bonds. The molecule has 0 aliphatic heterocycles. The third-order valence-electron chi connectivity index (χ3n) is 2.87. The Kier molecular flexibility index (Phi) is 5.54. The quantitative estimate of drug-likeness (QED) is 0.850. The monoisotopic (exact) mass is 337 g/mol. The van der Waals surface area contributed by atoms with Crippen molar-refractivity contribution < 1.29 is 23.5 Å². The number of anilines is 1. The number of methoxy groups -OCH3 is 1. The third-order valence-corrected chi connectivity index (χ3v) is 3.16. The number of carbonyl (C=O) groups is 2. The maximum Gasteiger partial charge on any atom is 0.338 e. The Morgan fingerprint density at radius 1 is 1.22 bits per heavy atom. The van der Waals surface area contributed by atoms with Crippen LogP contribution in [0.3, 0.4) is 0 Å². The number of benzene rings is 2. The van der Waals surface area contributed by atoms with Crippen molar-refractivity contribution in [1.29, 1.82) is 0 Å². The number of carbonyl (C=O) groups excluding carboxylic acids is 2. The predicted octanol–water partition coefficient (Wildman–Crippen LogP) is 3.28. The van der Waals surface area contributed by atoms with Crippen molar-refractivity contribution in [2.75, 3.05) is 19.0 Å². The zero-order chi connectivity index (χ0) is 16.8. The molecule has 0 spiro atoms. The minimum atomic E-state index is -0.776. The van der Waals surface area contributed by atoms with Gasteiger partial charge in [0.15, 0.2) is 6.61 Å². The van der Waals surface area contributed by atoms with Crippen molar-refractivity contribution in [3.8, 4) is 5.75 Å². The van der Waals surface area contributed by atoms with Crippen LogP contribution in [0.4, 0.5) is 10.1 Å². The van der Waals surface area contributed by atoms with E-state index < -0.39 is 24.3 Å². The van der Waals surface area contributed by atoms with Gasteiger partial charge in [-0.15, -0.1) is 0 Å². The third kappa shape index (κ3) is 4.43. The molecule has 1 N–H and O–H groups in total. The summed E-state index contributed by atoms with van der Waals surface area (Å²) >= 11 is 5.59. The summed E-state index contributed by atoms with van der Waals surface area (Å²) in [5, 5.41) is 2.37. The van der Waals surface area contributed by atoms with E-state index in [-0.39, 0.29) is 10.6 Å². The Labute approximate surface area is 137 Å². The lowest BCUT2D eigenvalue weighted by atomic mass is 10.2. The van der Waals surface area contributed by atoms with Crippen LogP contribution >= 0.6 is 11.6 Å². The first kappa shape index (κ1) is 16.8. The number of hydrogen-bond donors (Lipinski definition) is 1. The van der Waals surface area contributed by atoms with E-state index in [9.17, 15) is 14.0 Å². The lowest BCUT2D eigenvalue weighted by Crippen LogP contribution is -2.21. The smallest absolute Gasteiger partial charge is 0.338 e. The Morgan fingerprint density at radius 3 is 2.65 bits per heavy atom. The van der Waals surface area contributed by atoms with Crippen molar-refractivity contribution in [2.45, 2.75) is 0 Å². The molecule has 0 heterocycles. The molecule has 0 aromatic heterocycles. The topological polar surface area (TPSA) is 64.6 Å². The maximum absolute atomic E-state index is 13.0. The maximum atomic E-state index is 13.0. The van der Waals surface area contributed by atoms with Gasteiger partial charge in [-0.25, -0.2) is 9.18 Å². The van der Waals surface area contributed by atoms with Crippen molar-refractivity contribution in [2.24, 2.45) is 0 Å². The minimum Gasteiger partial charge on any atom is -0.495 e. The highest BCUT2D eigenvalue weighted by Crippen LogP contribution is 2.22. The van der Waals surface area contributed by atoms with Gasteiger partial charge in [0.2, 0.25) is 0 Å². The van der Waals surface area contributed by atoms with Crippen LogP contribution in [-0.2, 0) is 9.53 Å². The van der Waals surface area contributed by atoms with E-state index in [0.717, 1.165) is 12.1 Å². The summed E-state index contributed by atoms with van der Waals surface area (Å²) in [6.07, 6.45) is 0. The summed E-state index contributed by atoms with van der Waals surface area (Å²) in [6, 6.07) is 10.2. The lowest BCUT2D eigenvalue weighted by molar-refractivity contribution is -0.119. The average Bonchev–Trinajstić information content (AvgIpc) is 2.55. The Hall–Kier alpha value is -2.60. The molecule has 2 aromatic rings. The minimum absolute atomic E-state index is 0.0569. The van der Waals surface area contributed by atoms with Crippen LogP contribution in [0, 0.1) is 5.82 Å². The van der Waals surface area contributed by atoms with E-state index in [1.165, 1.54) is 13.2 Å². The Balaban J connectivity index is 1.93. The second kappa shape index (κ2) is 7.60. The number of esters is 1. The molecule has 23 heavy (non-hydrogen) atoms. The van der Waals surface area contributed by atoms with Gasteiger partial charge in [-0.1, -0.05) is 23.7 Å². The van der Waals surface area contributed by atoms with Gasteiger partial charge in [-0.05, 0) is 30.3 Å². The first-order chi connectivity index (χ1) is 11.0. The molecule has 120 valence electrons. The summed E-state index contributed by atoms with van der Waals surface area (Å²) < 4.78 is 23.0. The van der Waals surface area contributed by atoms with E-state index in [4.69, 9.17) is 21.1 Å². The predicted molar refractivity (Wildman–Crippen MR) is 83.3 cm³/mol. The molecule has 2 rings (SSSR count). The molecular formula is C16H13ClFNO4. The fourth-order valence-electron chi connectivity index (χ4n) is 1.77. The van der Waals surface area contributed by atoms with E-state index in [2.05, 4.69) is 5.32 Å². The summed E-state index contributed by atoms with van der Waals surface area (Å²) in [5.74, 6) is -1.47. The molecule has 5 nitrogen and oxygen atoms in total. The Bertz CT molecular complexity index is 736. The molecule has 0 saturated carbocycles. The van der Waals surface area contributed by atoms with Crippen LogP contribution in [0.25, 0.3) is 0 Å². The van der Waals surface area contributed by atoms with Crippen LogP contribution in [0.15, 0.2) is 42.5 Å². The average molecular weight is 338 g/mol. The second-order valence-electron chi connectivity index (χ2n) is 4.45. The fourth-order valence-corrected chi connectivity index (χ4v) is 1.95. The molecule has 0 atom stereocenters. The SMILES string of the molecule is COc1ccccc1NC(=O)COC(=O)c1ccc(F)c(Cl)c1. The molecule has 0 saturated heterocycles. The number of ether oxygens (including phenoxy) is 2. The zero-order valence-electron chi connectivity index (χ0n) is 12.1. The summed E-state index contributed by atoms with van der Waals surface area (Å²) in [4.78, 5) is 23.6. The Morgan fingerprint density at radius 2 is 1.96 bits per heavy atom. The van der Waals surface area contributed by atoms with Gasteiger partial charge in [-0.3, -0.25) is 4.79 Å². The highest BCUT2D eigenvalue weighted by molar-refractivity contribution is 6.31. The molecule has 0 aliphatic carbocycles. The lowest BCUT2D eigenvalue weighted by Gasteiger charge is -2.10. The van der Waals surface area contributed by atoms with Crippen molar-refractivity contribution >= 4 is 29.2 Å². The molecule has 7 heteroatoms. The molecule has 2 aromatic carbocycles. The van der Waals surface area contributed by atoms with E-state index in [1.807, 2.05) is 0 Å². The highest BCUT2D eigenvalue weighted by Gasteiger charge is 2.13. The first-order valence-electron chi connectivity index (χ1n) is 6.56. The second-order valence-corrected chi connectivity index (χ2v) is 4.86. The molecular weight excluding hydrogens is 325 g/mol. The fraction of sp³-hybridized carbons (Fsp3) is 0.125. The van der Waals surface area contributed by atoms with Crippen molar-refractivity contribution in [3.05, 3.63) is 58.9 Å². The zero-order valence-corrected chi connectivity index (χ0v) is 12.9. The van der Waals surface area contributed by atoms with Gasteiger partial charge >= 0.3 is 5.97 Å². The molecule has 0 bridgehead atoms. The molecule has 0 radical (unpaired) electrons. The number of para-hydroxylation sites is 2. The summed E-state index contributed by atoms with van der Waals surface area (Å²) in [6.45, 7) is -0.494. The number of halogens is 2. The number of rotatable bonds is 5. The van der Waals surface area contributed by atoms with Gasteiger partial charge in [-0.2, -0.15) is 0 Å². The van der Waals surface area contributed by atoms with Gasteiger partial charge in [0.1, 0.15) is 11.6 Å². The molecule has 0 aliphatic rings. The van der Waals surface area contributed by atoms with Crippen LogP contribution < -0.4 is 10.1 Å². The number of hydrogen-bond acceptors (Lipinski definition) is 4. The van der Waals surface area contributed by atoms with E-state index >= 15 is 0 Å². The van der Waals surface area contributed by atoms with Gasteiger partial charge in [0.25, 0.3) is 5.91 Å². The van der Waals surface area contributed by atoms with Crippen molar-refractivity contribution in [3.63, 3.8) is 0 Å². The van der Waals surface area contributed by atoms with Crippen LogP contribution in [0.1, 0.15) is 10.4 Å². The highest BCUT2D eigenvalue weighted by atomic mass is 35.5. The van der Waals surface area contributed by atoms with Crippen LogP contribution in [0.5, 0.6) is 5.75 Å². The van der Waals surface area contributed by atoms with Gasteiger partial charge < -0.3 is 14.8 Å².